The number of allylic oxidation sites excluding steroid dienone is 1. The number of hydrogen-bond acceptors (Lipinski definition) is 25. The SMILES string of the molecule is COC1=C[C@@H](C)O[C@@H](O[C@H]2CC[C@@]3(C)C(=CC[C@@H]4[C@@H]3CC[C@@]3(C)[C@H]4CC[C@]3(O)[C@H](C)O[C@H]3C[C@H]4OCO[C@@]5(C[C@@H](OC)[C@H](O[C@H]6C[C@H](OC)[C@H](O[C@H]7C[C@@H](O)[C@H](O[C@H]8C[C@H](OC)[C@H](O[C@H]9C[C@@H](OC)[C@H](O)[C@@H](C)O9)[C@@H](C)O8)[C@@H](C)O7)[C@@H](C)O6)[C@@H](C)O5)O[C@@H]4[C@@H](C)O3)C2)C1=O. The van der Waals surface area contributed by atoms with Crippen molar-refractivity contribution in [3.8, 4) is 0 Å². The molecule has 0 radical (unpaired) electrons. The average Bonchev–Trinajstić information content (AvgIpc) is 1.44. The Morgan fingerprint density at radius 1 is 0.596 bits per heavy atom. The zero-order chi connectivity index (χ0) is 66.9. The summed E-state index contributed by atoms with van der Waals surface area (Å²) in [6.45, 7) is 19.7. The van der Waals surface area contributed by atoms with Crippen LogP contribution in [0.1, 0.15) is 159 Å². The van der Waals surface area contributed by atoms with Crippen LogP contribution in [-0.2, 0) is 104 Å². The number of rotatable bonds is 18. The van der Waals surface area contributed by atoms with Crippen molar-refractivity contribution in [2.45, 2.75) is 337 Å². The van der Waals surface area contributed by atoms with E-state index >= 15 is 0 Å². The van der Waals surface area contributed by atoms with E-state index in [-0.39, 0.29) is 48.5 Å². The molecule has 0 aromatic rings. The minimum Gasteiger partial charge on any atom is -0.493 e. The van der Waals surface area contributed by atoms with Crippen LogP contribution in [0.2, 0.25) is 0 Å². The fourth-order valence-corrected chi connectivity index (χ4v) is 18.8. The lowest BCUT2D eigenvalue weighted by atomic mass is 9.46. The predicted octanol–water partition coefficient (Wildman–Crippen LogP) is 6.53. The van der Waals surface area contributed by atoms with Crippen molar-refractivity contribution in [3.05, 3.63) is 23.5 Å². The number of methoxy groups -OCH3 is 5. The Hall–Kier alpha value is -1.97. The van der Waals surface area contributed by atoms with E-state index < -0.39 is 165 Å². The maximum absolute atomic E-state index is 13.1. The average molecular weight is 1340 g/mol. The molecular weight excluding hydrogens is 1230 g/mol. The Kier molecular flexibility index (Phi) is 22.3. The van der Waals surface area contributed by atoms with Crippen molar-refractivity contribution in [2.24, 2.45) is 28.6 Å². The Morgan fingerprint density at radius 2 is 1.17 bits per heavy atom. The third-order valence-corrected chi connectivity index (χ3v) is 24.1. The van der Waals surface area contributed by atoms with Gasteiger partial charge in [-0.15, -0.1) is 0 Å². The van der Waals surface area contributed by atoms with Gasteiger partial charge in [-0.05, 0) is 136 Å². The molecule has 12 rings (SSSR count). The molecule has 10 fully saturated rings. The Bertz CT molecular complexity index is 2610. The molecule has 0 aromatic heterocycles. The second kappa shape index (κ2) is 29.2. The third kappa shape index (κ3) is 14.0. The minimum absolute atomic E-state index is 0.0182. The van der Waals surface area contributed by atoms with E-state index in [0.29, 0.717) is 55.6 Å². The molecule has 0 unspecified atom stereocenters. The number of ether oxygens (including phenoxy) is 21. The second-order valence-corrected chi connectivity index (χ2v) is 29.6. The number of fused-ring (bicyclic) bond motifs is 6. The summed E-state index contributed by atoms with van der Waals surface area (Å²) >= 11 is 0. The smallest absolute Gasteiger partial charge is 0.288 e. The third-order valence-electron chi connectivity index (χ3n) is 24.1. The number of carbonyl (C=O) groups is 1. The van der Waals surface area contributed by atoms with Crippen molar-refractivity contribution >= 4 is 5.78 Å². The maximum Gasteiger partial charge on any atom is 0.288 e. The first-order valence-corrected chi connectivity index (χ1v) is 35.0. The summed E-state index contributed by atoms with van der Waals surface area (Å²) in [5.74, 6) is -0.286. The number of aliphatic hydroxyl groups excluding tert-OH is 2. The van der Waals surface area contributed by atoms with Gasteiger partial charge in [0.1, 0.15) is 36.6 Å². The van der Waals surface area contributed by atoms with Crippen LogP contribution in [0, 0.1) is 28.6 Å². The molecule has 8 aliphatic heterocycles. The van der Waals surface area contributed by atoms with E-state index in [1.165, 1.54) is 12.7 Å². The topological polar surface area (TPSA) is 272 Å². The number of hydrogen-bond donors (Lipinski definition) is 3. The first-order valence-electron chi connectivity index (χ1n) is 35.0. The largest absolute Gasteiger partial charge is 0.493 e. The maximum atomic E-state index is 13.1. The summed E-state index contributed by atoms with van der Waals surface area (Å²) in [4.78, 5) is 13.1. The van der Waals surface area contributed by atoms with E-state index in [1.54, 1.807) is 41.4 Å². The van der Waals surface area contributed by atoms with Crippen LogP contribution >= 0.6 is 0 Å². The summed E-state index contributed by atoms with van der Waals surface area (Å²) in [6, 6.07) is 0. The van der Waals surface area contributed by atoms with Crippen LogP contribution in [0.25, 0.3) is 0 Å². The Morgan fingerprint density at radius 3 is 1.80 bits per heavy atom. The highest BCUT2D eigenvalue weighted by Gasteiger charge is 2.66. The summed E-state index contributed by atoms with van der Waals surface area (Å²) in [6.07, 6.45) is -2.91. The van der Waals surface area contributed by atoms with Crippen LogP contribution in [0.15, 0.2) is 23.5 Å². The van der Waals surface area contributed by atoms with E-state index in [2.05, 4.69) is 19.9 Å². The summed E-state index contributed by atoms with van der Waals surface area (Å²) in [5, 5.41) is 35.1. The first kappa shape index (κ1) is 71.8. The van der Waals surface area contributed by atoms with Crippen LogP contribution in [0.3, 0.4) is 0 Å². The van der Waals surface area contributed by atoms with Gasteiger partial charge in [0.15, 0.2) is 44.0 Å². The molecular formula is C69H110O25. The number of Topliss-reactive ketones (excluding diaryl/α,β-unsaturated/α-hetero) is 1. The van der Waals surface area contributed by atoms with Gasteiger partial charge in [0.2, 0.25) is 6.29 Å². The zero-order valence-electron chi connectivity index (χ0n) is 57.9. The molecule has 3 N–H and O–H groups in total. The van der Waals surface area contributed by atoms with Gasteiger partial charge in [0.05, 0.1) is 111 Å². The molecule has 536 valence electrons. The molecule has 25 nitrogen and oxygen atoms in total. The van der Waals surface area contributed by atoms with Gasteiger partial charge in [0.25, 0.3) is 11.8 Å². The quantitative estimate of drug-likeness (QED) is 0.123. The molecule has 0 amide bonds. The van der Waals surface area contributed by atoms with Crippen molar-refractivity contribution in [2.75, 3.05) is 42.3 Å². The number of carbonyl (C=O) groups excluding carboxylic acids is 1. The lowest BCUT2D eigenvalue weighted by Gasteiger charge is -2.59. The number of aliphatic hydroxyl groups is 3. The Balaban J connectivity index is 0.603. The van der Waals surface area contributed by atoms with Crippen LogP contribution in [-0.4, -0.2) is 241 Å². The van der Waals surface area contributed by atoms with E-state index in [0.717, 1.165) is 44.9 Å². The predicted molar refractivity (Wildman–Crippen MR) is 330 cm³/mol. The van der Waals surface area contributed by atoms with E-state index in [9.17, 15) is 20.1 Å². The van der Waals surface area contributed by atoms with Gasteiger partial charge in [-0.25, -0.2) is 0 Å². The molecule has 8 heterocycles. The highest BCUT2D eigenvalue weighted by atomic mass is 16.9. The van der Waals surface area contributed by atoms with Gasteiger partial charge in [0, 0.05) is 66.0 Å². The highest BCUT2D eigenvalue weighted by Crippen LogP contribution is 2.68. The lowest BCUT2D eigenvalue weighted by Crippen LogP contribution is -2.62. The molecule has 4 aliphatic carbocycles. The molecule has 12 aliphatic rings. The first-order chi connectivity index (χ1) is 44.8. The van der Waals surface area contributed by atoms with Crippen LogP contribution in [0.5, 0.6) is 0 Å². The second-order valence-electron chi connectivity index (χ2n) is 29.6. The van der Waals surface area contributed by atoms with Crippen molar-refractivity contribution in [1.82, 2.24) is 0 Å². The molecule has 0 bridgehead atoms. The minimum atomic E-state index is -1.55. The van der Waals surface area contributed by atoms with Gasteiger partial charge in [-0.1, -0.05) is 25.5 Å². The molecule has 7 saturated heterocycles. The molecule has 34 atom stereocenters. The van der Waals surface area contributed by atoms with Gasteiger partial charge in [-0.3, -0.25) is 4.79 Å². The highest BCUT2D eigenvalue weighted by molar-refractivity contribution is 5.96. The fourth-order valence-electron chi connectivity index (χ4n) is 18.8. The normalized spacial score (nSPS) is 51.9. The van der Waals surface area contributed by atoms with E-state index in [4.69, 9.17) is 99.5 Å². The molecule has 0 aromatic carbocycles. The van der Waals surface area contributed by atoms with Gasteiger partial charge >= 0.3 is 0 Å². The summed E-state index contributed by atoms with van der Waals surface area (Å²) in [7, 11) is 7.91. The van der Waals surface area contributed by atoms with Gasteiger partial charge in [-0.2, -0.15) is 0 Å². The van der Waals surface area contributed by atoms with Crippen LogP contribution < -0.4 is 0 Å². The Labute approximate surface area is 554 Å². The molecule has 1 spiro atoms. The lowest BCUT2D eigenvalue weighted by molar-refractivity contribution is -0.447. The monoisotopic (exact) mass is 1340 g/mol. The molecule has 25 heteroatoms. The molecule has 3 saturated carbocycles. The van der Waals surface area contributed by atoms with Gasteiger partial charge < -0.3 is 115 Å². The number of ketones is 1. The standard InChI is InChI=1S/C69H110O25/c1-33-24-47(74-11)59(72)65(81-33)88-42-18-21-66(9)41(25-42)16-17-43-44(66)19-22-67(10)45(43)20-23-68(67,73)40(8)87-54-30-51-64(38(6)86-54)94-69(80-32-79-51)31-52(78-15)63(39(7)93-69)92-57-29-50(77-14)61(36(4)85-57)90-53-26-46(70)60(35(3)83-53)89-56-28-49(76-13)62(37(5)84-56)91-55-27-48(75-12)58(71)34(2)82-55/h16,24,33-40,42-46,48-58,60-65,70-71,73H,17-23,25-32H2,1-15H3/t33-,34-,35-,36-,37-,38-,39-,40+,42+,43-,44+,45+,46-,48-,49+,50+,51-,52-,53+,54+,55+,56+,57+,58-,60-,61-,62-,63-,64-,65+,66+,67+,68+,69-/m1/s1. The van der Waals surface area contributed by atoms with E-state index in [1.807, 2.05) is 48.5 Å². The summed E-state index contributed by atoms with van der Waals surface area (Å²) in [5.41, 5.74) is 0.0000663. The van der Waals surface area contributed by atoms with Crippen molar-refractivity contribution in [1.29, 1.82) is 0 Å². The molecule has 94 heavy (non-hydrogen) atoms. The zero-order valence-corrected chi connectivity index (χ0v) is 57.9. The summed E-state index contributed by atoms with van der Waals surface area (Å²) < 4.78 is 132. The van der Waals surface area contributed by atoms with Crippen molar-refractivity contribution < 1.29 is 120 Å². The van der Waals surface area contributed by atoms with Crippen LogP contribution in [0.4, 0.5) is 0 Å². The fraction of sp³-hybridized carbons (Fsp3) is 0.928. The van der Waals surface area contributed by atoms with Crippen molar-refractivity contribution in [3.63, 3.8) is 0 Å².